The first-order valence-electron chi connectivity index (χ1n) is 10.6. The van der Waals surface area contributed by atoms with Crippen molar-refractivity contribution in [1.29, 1.82) is 0 Å². The van der Waals surface area contributed by atoms with Crippen LogP contribution in [0.15, 0.2) is 72.8 Å². The Morgan fingerprint density at radius 1 is 0.966 bits per heavy atom. The lowest BCUT2D eigenvalue weighted by atomic mass is 9.70. The molecular formula is C26H31NO2. The van der Waals surface area contributed by atoms with Crippen LogP contribution in [-0.4, -0.2) is 36.8 Å². The standard InChI is InChI=1S/C26H31NO2/c1-27(2)18-24-17-25(29-19-20-8-4-3-5-9-20)14-15-26(24,28)23-13-12-21-10-6-7-11-22(21)16-23/h3-13,16,24-25,28H,14-15,17-19H2,1-2H3. The summed E-state index contributed by atoms with van der Waals surface area (Å²) in [5, 5.41) is 14.2. The average molecular weight is 390 g/mol. The molecule has 4 rings (SSSR count). The summed E-state index contributed by atoms with van der Waals surface area (Å²) in [4.78, 5) is 2.18. The molecule has 3 unspecified atom stereocenters. The molecule has 3 heteroatoms. The maximum atomic E-state index is 11.8. The maximum Gasteiger partial charge on any atom is 0.0938 e. The molecule has 3 aromatic rings. The molecule has 1 fully saturated rings. The molecule has 0 spiro atoms. The van der Waals surface area contributed by atoms with E-state index in [1.807, 2.05) is 18.2 Å². The third-order valence-corrected chi connectivity index (χ3v) is 6.23. The van der Waals surface area contributed by atoms with Gasteiger partial charge in [-0.15, -0.1) is 0 Å². The molecular weight excluding hydrogens is 358 g/mol. The van der Waals surface area contributed by atoms with Crippen LogP contribution in [0.2, 0.25) is 0 Å². The van der Waals surface area contributed by atoms with Gasteiger partial charge in [0.05, 0.1) is 18.3 Å². The molecule has 0 bridgehead atoms. The molecule has 0 heterocycles. The van der Waals surface area contributed by atoms with Crippen LogP contribution in [0.5, 0.6) is 0 Å². The van der Waals surface area contributed by atoms with Gasteiger partial charge in [0.1, 0.15) is 0 Å². The van der Waals surface area contributed by atoms with Crippen molar-refractivity contribution in [2.75, 3.05) is 20.6 Å². The molecule has 0 aromatic heterocycles. The van der Waals surface area contributed by atoms with Crippen molar-refractivity contribution in [3.05, 3.63) is 83.9 Å². The summed E-state index contributed by atoms with van der Waals surface area (Å²) in [6.45, 7) is 1.48. The molecule has 29 heavy (non-hydrogen) atoms. The fraction of sp³-hybridized carbons (Fsp3) is 0.385. The molecule has 0 radical (unpaired) electrons. The molecule has 1 aliphatic rings. The summed E-state index contributed by atoms with van der Waals surface area (Å²) in [5.41, 5.74) is 1.41. The summed E-state index contributed by atoms with van der Waals surface area (Å²) in [7, 11) is 4.16. The minimum absolute atomic E-state index is 0.133. The number of rotatable bonds is 6. The molecule has 0 saturated heterocycles. The zero-order chi connectivity index (χ0) is 20.3. The molecule has 3 atom stereocenters. The van der Waals surface area contributed by atoms with E-state index in [9.17, 15) is 5.11 Å². The van der Waals surface area contributed by atoms with Crippen molar-refractivity contribution >= 4 is 10.8 Å². The van der Waals surface area contributed by atoms with E-state index in [0.29, 0.717) is 6.61 Å². The number of hydrogen-bond donors (Lipinski definition) is 1. The molecule has 3 aromatic carbocycles. The van der Waals surface area contributed by atoms with E-state index >= 15 is 0 Å². The Labute approximate surface area is 173 Å². The Morgan fingerprint density at radius 3 is 2.45 bits per heavy atom. The van der Waals surface area contributed by atoms with Crippen LogP contribution < -0.4 is 0 Å². The molecule has 152 valence electrons. The number of hydrogen-bond acceptors (Lipinski definition) is 3. The molecule has 1 aliphatic carbocycles. The highest BCUT2D eigenvalue weighted by atomic mass is 16.5. The zero-order valence-corrected chi connectivity index (χ0v) is 17.4. The van der Waals surface area contributed by atoms with Gasteiger partial charge in [-0.1, -0.05) is 66.7 Å². The monoisotopic (exact) mass is 389 g/mol. The fourth-order valence-electron chi connectivity index (χ4n) is 4.66. The Morgan fingerprint density at radius 2 is 1.69 bits per heavy atom. The van der Waals surface area contributed by atoms with Crippen LogP contribution in [0.3, 0.4) is 0 Å². The fourth-order valence-corrected chi connectivity index (χ4v) is 4.66. The first-order valence-corrected chi connectivity index (χ1v) is 10.6. The van der Waals surface area contributed by atoms with Crippen LogP contribution >= 0.6 is 0 Å². The van der Waals surface area contributed by atoms with Gasteiger partial charge in [-0.05, 0) is 61.3 Å². The SMILES string of the molecule is CN(C)CC1CC(OCc2ccccc2)CCC1(O)c1ccc2ccccc2c1. The zero-order valence-electron chi connectivity index (χ0n) is 17.4. The van der Waals surface area contributed by atoms with E-state index in [-0.39, 0.29) is 12.0 Å². The van der Waals surface area contributed by atoms with E-state index in [1.54, 1.807) is 0 Å². The van der Waals surface area contributed by atoms with Gasteiger partial charge in [-0.3, -0.25) is 0 Å². The summed E-state index contributed by atoms with van der Waals surface area (Å²) < 4.78 is 6.25. The number of aliphatic hydroxyl groups is 1. The van der Waals surface area contributed by atoms with Gasteiger partial charge in [0.2, 0.25) is 0 Å². The van der Waals surface area contributed by atoms with Crippen LogP contribution in [0, 0.1) is 5.92 Å². The predicted molar refractivity (Wildman–Crippen MR) is 119 cm³/mol. The summed E-state index contributed by atoms with van der Waals surface area (Å²) in [6, 6.07) is 25.1. The van der Waals surface area contributed by atoms with Crippen LogP contribution in [0.4, 0.5) is 0 Å². The van der Waals surface area contributed by atoms with Crippen molar-refractivity contribution in [2.24, 2.45) is 5.92 Å². The van der Waals surface area contributed by atoms with Gasteiger partial charge in [0, 0.05) is 12.5 Å². The minimum Gasteiger partial charge on any atom is -0.385 e. The highest BCUT2D eigenvalue weighted by molar-refractivity contribution is 5.83. The molecule has 0 aliphatic heterocycles. The summed E-state index contributed by atoms with van der Waals surface area (Å²) in [6.07, 6.45) is 2.65. The van der Waals surface area contributed by atoms with Crippen molar-refractivity contribution in [3.8, 4) is 0 Å². The van der Waals surface area contributed by atoms with Gasteiger partial charge < -0.3 is 14.7 Å². The number of fused-ring (bicyclic) bond motifs is 1. The van der Waals surface area contributed by atoms with E-state index in [0.717, 1.165) is 31.4 Å². The number of nitrogens with zero attached hydrogens (tertiary/aromatic N) is 1. The Hall–Kier alpha value is -2.20. The maximum absolute atomic E-state index is 11.8. The van der Waals surface area contributed by atoms with Crippen LogP contribution in [0.1, 0.15) is 30.4 Å². The van der Waals surface area contributed by atoms with Gasteiger partial charge in [-0.2, -0.15) is 0 Å². The van der Waals surface area contributed by atoms with Gasteiger partial charge >= 0.3 is 0 Å². The lowest BCUT2D eigenvalue weighted by molar-refractivity contribution is -0.110. The molecule has 0 amide bonds. The molecule has 1 saturated carbocycles. The number of ether oxygens (including phenoxy) is 1. The highest BCUT2D eigenvalue weighted by Gasteiger charge is 2.43. The minimum atomic E-state index is -0.819. The quantitative estimate of drug-likeness (QED) is 0.646. The second-order valence-corrected chi connectivity index (χ2v) is 8.64. The third-order valence-electron chi connectivity index (χ3n) is 6.23. The van der Waals surface area contributed by atoms with Crippen molar-refractivity contribution in [2.45, 2.75) is 37.6 Å². The lowest BCUT2D eigenvalue weighted by Crippen LogP contribution is -2.46. The van der Waals surface area contributed by atoms with Crippen molar-refractivity contribution in [3.63, 3.8) is 0 Å². The first kappa shape index (κ1) is 20.1. The summed E-state index contributed by atoms with van der Waals surface area (Å²) >= 11 is 0. The topological polar surface area (TPSA) is 32.7 Å². The van der Waals surface area contributed by atoms with Gasteiger partial charge in [0.25, 0.3) is 0 Å². The largest absolute Gasteiger partial charge is 0.385 e. The Bertz CT molecular complexity index is 940. The van der Waals surface area contributed by atoms with E-state index < -0.39 is 5.60 Å². The van der Waals surface area contributed by atoms with Gasteiger partial charge in [0.15, 0.2) is 0 Å². The third kappa shape index (κ3) is 4.53. The van der Waals surface area contributed by atoms with E-state index in [1.165, 1.54) is 16.3 Å². The Balaban J connectivity index is 1.54. The van der Waals surface area contributed by atoms with E-state index in [4.69, 9.17) is 4.74 Å². The molecule has 3 nitrogen and oxygen atoms in total. The smallest absolute Gasteiger partial charge is 0.0938 e. The van der Waals surface area contributed by atoms with E-state index in [2.05, 4.69) is 73.6 Å². The van der Waals surface area contributed by atoms with Crippen molar-refractivity contribution in [1.82, 2.24) is 4.90 Å². The summed E-state index contributed by atoms with van der Waals surface area (Å²) in [5.74, 6) is 0.133. The normalized spacial score (nSPS) is 24.8. The molecule has 1 N–H and O–H groups in total. The lowest BCUT2D eigenvalue weighted by Gasteiger charge is -2.44. The average Bonchev–Trinajstić information content (AvgIpc) is 2.74. The van der Waals surface area contributed by atoms with Crippen molar-refractivity contribution < 1.29 is 9.84 Å². The van der Waals surface area contributed by atoms with Gasteiger partial charge in [-0.25, -0.2) is 0 Å². The van der Waals surface area contributed by atoms with Crippen LogP contribution in [-0.2, 0) is 16.9 Å². The number of benzene rings is 3. The second kappa shape index (κ2) is 8.66. The Kier molecular flexibility index (Phi) is 6.00. The predicted octanol–water partition coefficient (Wildman–Crippen LogP) is 4.97. The van der Waals surface area contributed by atoms with Crippen LogP contribution in [0.25, 0.3) is 10.8 Å². The second-order valence-electron chi connectivity index (χ2n) is 8.64. The first-order chi connectivity index (χ1) is 14.0. The highest BCUT2D eigenvalue weighted by Crippen LogP contribution is 2.43.